The number of hydrogen-bond acceptors (Lipinski definition) is 3. The molecule has 5 heteroatoms. The molecule has 0 aliphatic heterocycles. The van der Waals surface area contributed by atoms with Gasteiger partial charge in [-0.25, -0.2) is 13.1 Å². The van der Waals surface area contributed by atoms with Gasteiger partial charge in [-0.1, -0.05) is 55.0 Å². The summed E-state index contributed by atoms with van der Waals surface area (Å²) in [5, 5.41) is 0. The number of carbonyl (C=O) groups is 1. The molecule has 4 nitrogen and oxygen atoms in total. The predicted molar refractivity (Wildman–Crippen MR) is 90.7 cm³/mol. The Morgan fingerprint density at radius 2 is 1.65 bits per heavy atom. The van der Waals surface area contributed by atoms with Gasteiger partial charge in [0.2, 0.25) is 10.0 Å². The van der Waals surface area contributed by atoms with Crippen molar-refractivity contribution in [1.29, 1.82) is 0 Å². The molecule has 0 radical (unpaired) electrons. The minimum absolute atomic E-state index is 0.208. The van der Waals surface area contributed by atoms with Gasteiger partial charge >= 0.3 is 0 Å². The monoisotopic (exact) mass is 331 g/mol. The van der Waals surface area contributed by atoms with Crippen molar-refractivity contribution in [2.24, 2.45) is 5.92 Å². The first-order valence-electron chi connectivity index (χ1n) is 7.50. The predicted octanol–water partition coefficient (Wildman–Crippen LogP) is 2.72. The van der Waals surface area contributed by atoms with E-state index < -0.39 is 22.0 Å². The van der Waals surface area contributed by atoms with Gasteiger partial charge in [-0.2, -0.15) is 0 Å². The SMILES string of the molecule is Cc1ccc(S(=O)(=O)N[C@H](Cc2ccccc2)[C@@H](C)C=O)cc1. The van der Waals surface area contributed by atoms with E-state index in [0.29, 0.717) is 6.42 Å². The molecule has 0 fully saturated rings. The maximum Gasteiger partial charge on any atom is 0.240 e. The zero-order valence-electron chi connectivity index (χ0n) is 13.3. The van der Waals surface area contributed by atoms with Crippen LogP contribution < -0.4 is 4.72 Å². The highest BCUT2D eigenvalue weighted by molar-refractivity contribution is 7.89. The summed E-state index contributed by atoms with van der Waals surface area (Å²) in [6, 6.07) is 15.7. The van der Waals surface area contributed by atoms with Crippen molar-refractivity contribution in [1.82, 2.24) is 4.72 Å². The Kier molecular flexibility index (Phi) is 5.69. The van der Waals surface area contributed by atoms with Gasteiger partial charge in [0.1, 0.15) is 6.29 Å². The summed E-state index contributed by atoms with van der Waals surface area (Å²) >= 11 is 0. The molecule has 2 aromatic carbocycles. The van der Waals surface area contributed by atoms with Gasteiger partial charge in [-0.15, -0.1) is 0 Å². The molecule has 0 aliphatic carbocycles. The van der Waals surface area contributed by atoms with Crippen molar-refractivity contribution < 1.29 is 13.2 Å². The Balaban J connectivity index is 2.23. The summed E-state index contributed by atoms with van der Waals surface area (Å²) in [5.41, 5.74) is 1.98. The number of benzene rings is 2. The van der Waals surface area contributed by atoms with E-state index >= 15 is 0 Å². The fourth-order valence-corrected chi connectivity index (χ4v) is 3.61. The van der Waals surface area contributed by atoms with Crippen LogP contribution in [0.25, 0.3) is 0 Å². The van der Waals surface area contributed by atoms with Crippen molar-refractivity contribution in [2.75, 3.05) is 0 Å². The fraction of sp³-hybridized carbons (Fsp3) is 0.278. The van der Waals surface area contributed by atoms with Gasteiger partial charge in [-0.3, -0.25) is 0 Å². The van der Waals surface area contributed by atoms with Crippen molar-refractivity contribution in [3.8, 4) is 0 Å². The Hall–Kier alpha value is -1.98. The number of hydrogen-bond donors (Lipinski definition) is 1. The lowest BCUT2D eigenvalue weighted by atomic mass is 9.97. The topological polar surface area (TPSA) is 63.2 Å². The van der Waals surface area contributed by atoms with E-state index in [1.54, 1.807) is 31.2 Å². The van der Waals surface area contributed by atoms with Crippen LogP contribution in [0.1, 0.15) is 18.1 Å². The number of nitrogens with one attached hydrogen (secondary N) is 1. The number of rotatable bonds is 7. The number of aldehydes is 1. The third-order valence-electron chi connectivity index (χ3n) is 3.79. The molecule has 2 aromatic rings. The van der Waals surface area contributed by atoms with Crippen LogP contribution in [0, 0.1) is 12.8 Å². The largest absolute Gasteiger partial charge is 0.303 e. The van der Waals surface area contributed by atoms with Crippen LogP contribution in [0.3, 0.4) is 0 Å². The number of carbonyl (C=O) groups excluding carboxylic acids is 1. The minimum Gasteiger partial charge on any atom is -0.303 e. The molecular weight excluding hydrogens is 310 g/mol. The van der Waals surface area contributed by atoms with E-state index in [-0.39, 0.29) is 4.90 Å². The Bertz CT molecular complexity index is 740. The van der Waals surface area contributed by atoms with Crippen molar-refractivity contribution in [3.05, 3.63) is 65.7 Å². The molecule has 0 bridgehead atoms. The van der Waals surface area contributed by atoms with E-state index in [9.17, 15) is 13.2 Å². The van der Waals surface area contributed by atoms with Crippen LogP contribution >= 0.6 is 0 Å². The average molecular weight is 331 g/mol. The molecule has 0 heterocycles. The van der Waals surface area contributed by atoms with E-state index in [1.807, 2.05) is 37.3 Å². The minimum atomic E-state index is -3.66. The summed E-state index contributed by atoms with van der Waals surface area (Å²) in [6.07, 6.45) is 1.25. The Labute approximate surface area is 137 Å². The van der Waals surface area contributed by atoms with Crippen LogP contribution in [0.5, 0.6) is 0 Å². The van der Waals surface area contributed by atoms with E-state index in [0.717, 1.165) is 17.4 Å². The molecule has 0 saturated heterocycles. The van der Waals surface area contributed by atoms with Crippen LogP contribution in [-0.4, -0.2) is 20.7 Å². The van der Waals surface area contributed by atoms with Crippen LogP contribution in [0.15, 0.2) is 59.5 Å². The lowest BCUT2D eigenvalue weighted by Crippen LogP contribution is -2.41. The highest BCUT2D eigenvalue weighted by Crippen LogP contribution is 2.15. The first kappa shape index (κ1) is 17.4. The van der Waals surface area contributed by atoms with E-state index in [4.69, 9.17) is 0 Å². The summed E-state index contributed by atoms with van der Waals surface area (Å²) in [4.78, 5) is 11.4. The molecule has 2 rings (SSSR count). The molecule has 23 heavy (non-hydrogen) atoms. The summed E-state index contributed by atoms with van der Waals surface area (Å²) < 4.78 is 27.7. The van der Waals surface area contributed by atoms with Gasteiger partial charge in [0.15, 0.2) is 0 Å². The molecule has 122 valence electrons. The Morgan fingerprint density at radius 1 is 1.04 bits per heavy atom. The molecule has 0 amide bonds. The molecule has 0 aromatic heterocycles. The third-order valence-corrected chi connectivity index (χ3v) is 5.29. The fourth-order valence-electron chi connectivity index (χ4n) is 2.28. The second-order valence-electron chi connectivity index (χ2n) is 5.73. The van der Waals surface area contributed by atoms with Crippen molar-refractivity contribution >= 4 is 16.3 Å². The molecular formula is C18H21NO3S. The van der Waals surface area contributed by atoms with Crippen LogP contribution in [0.4, 0.5) is 0 Å². The lowest BCUT2D eigenvalue weighted by molar-refractivity contribution is -0.111. The molecule has 0 saturated carbocycles. The van der Waals surface area contributed by atoms with E-state index in [1.165, 1.54) is 0 Å². The lowest BCUT2D eigenvalue weighted by Gasteiger charge is -2.21. The number of sulfonamides is 1. The van der Waals surface area contributed by atoms with Crippen molar-refractivity contribution in [3.63, 3.8) is 0 Å². The molecule has 0 aliphatic rings. The first-order chi connectivity index (χ1) is 10.9. The van der Waals surface area contributed by atoms with Crippen molar-refractivity contribution in [2.45, 2.75) is 31.2 Å². The van der Waals surface area contributed by atoms with Gasteiger partial charge < -0.3 is 4.79 Å². The number of aryl methyl sites for hydroxylation is 1. The van der Waals surface area contributed by atoms with Crippen LogP contribution in [0.2, 0.25) is 0 Å². The zero-order chi connectivity index (χ0) is 16.9. The maximum absolute atomic E-state index is 12.5. The van der Waals surface area contributed by atoms with Gasteiger partial charge in [0.25, 0.3) is 0 Å². The normalized spacial score (nSPS) is 14.2. The van der Waals surface area contributed by atoms with Crippen LogP contribution in [-0.2, 0) is 21.2 Å². The molecule has 0 spiro atoms. The molecule has 0 unspecified atom stereocenters. The summed E-state index contributed by atoms with van der Waals surface area (Å²) in [7, 11) is -3.66. The molecule has 2 atom stereocenters. The maximum atomic E-state index is 12.5. The highest BCUT2D eigenvalue weighted by atomic mass is 32.2. The summed E-state index contributed by atoms with van der Waals surface area (Å²) in [5.74, 6) is -0.421. The Morgan fingerprint density at radius 3 is 2.22 bits per heavy atom. The van der Waals surface area contributed by atoms with Gasteiger partial charge in [0, 0.05) is 12.0 Å². The standard InChI is InChI=1S/C18H21NO3S/c1-14-8-10-17(11-9-14)23(21,22)19-18(15(2)13-20)12-16-6-4-3-5-7-16/h3-11,13,15,18-19H,12H2,1-2H3/t15-,18+/m0/s1. The highest BCUT2D eigenvalue weighted by Gasteiger charge is 2.24. The quantitative estimate of drug-likeness (QED) is 0.794. The zero-order valence-corrected chi connectivity index (χ0v) is 14.1. The van der Waals surface area contributed by atoms with E-state index in [2.05, 4.69) is 4.72 Å². The summed E-state index contributed by atoms with van der Waals surface area (Å²) in [6.45, 7) is 3.62. The van der Waals surface area contributed by atoms with Gasteiger partial charge in [-0.05, 0) is 31.0 Å². The first-order valence-corrected chi connectivity index (χ1v) is 8.99. The average Bonchev–Trinajstić information content (AvgIpc) is 2.54. The second kappa shape index (κ2) is 7.53. The van der Waals surface area contributed by atoms with Gasteiger partial charge in [0.05, 0.1) is 4.90 Å². The molecule has 1 N–H and O–H groups in total. The second-order valence-corrected chi connectivity index (χ2v) is 7.44. The smallest absolute Gasteiger partial charge is 0.240 e. The third kappa shape index (κ3) is 4.74.